The van der Waals surface area contributed by atoms with E-state index in [-0.39, 0.29) is 35.8 Å². The Labute approximate surface area is 190 Å². The van der Waals surface area contributed by atoms with Crippen LogP contribution in [0.2, 0.25) is 0 Å². The molecule has 3 heterocycles. The van der Waals surface area contributed by atoms with E-state index in [0.29, 0.717) is 23.2 Å². The fourth-order valence-corrected chi connectivity index (χ4v) is 6.20. The summed E-state index contributed by atoms with van der Waals surface area (Å²) in [5, 5.41) is 9.07. The van der Waals surface area contributed by atoms with Gasteiger partial charge in [0.25, 0.3) is 0 Å². The number of amides is 1. The number of rotatable bonds is 8. The van der Waals surface area contributed by atoms with Crippen LogP contribution in [0.5, 0.6) is 5.75 Å². The summed E-state index contributed by atoms with van der Waals surface area (Å²) in [5.41, 5.74) is 0.855. The largest absolute Gasteiger partial charge is 0.497 e. The molecule has 32 heavy (non-hydrogen) atoms. The van der Waals surface area contributed by atoms with Gasteiger partial charge in [-0.25, -0.2) is 8.42 Å². The van der Waals surface area contributed by atoms with Gasteiger partial charge in [0.1, 0.15) is 11.5 Å². The highest BCUT2D eigenvalue weighted by atomic mass is 32.2. The van der Waals surface area contributed by atoms with Gasteiger partial charge in [0.05, 0.1) is 37.2 Å². The van der Waals surface area contributed by atoms with Crippen LogP contribution < -0.4 is 4.74 Å². The fraction of sp³-hybridized carbons (Fsp3) is 0.381. The lowest BCUT2D eigenvalue weighted by Crippen LogP contribution is -2.41. The monoisotopic (exact) mass is 476 g/mol. The average molecular weight is 477 g/mol. The van der Waals surface area contributed by atoms with Crippen molar-refractivity contribution >= 4 is 27.5 Å². The summed E-state index contributed by atoms with van der Waals surface area (Å²) in [7, 11) is 0.315. The summed E-state index contributed by atoms with van der Waals surface area (Å²) < 4.78 is 36.4. The topological polar surface area (TPSA) is 108 Å². The van der Waals surface area contributed by atoms with Gasteiger partial charge in [0.2, 0.25) is 5.91 Å². The Balaban J connectivity index is 1.47. The first-order valence-corrected chi connectivity index (χ1v) is 12.9. The molecule has 0 bridgehead atoms. The molecule has 1 fully saturated rings. The number of furan rings is 1. The second-order valence-electron chi connectivity index (χ2n) is 7.54. The Morgan fingerprint density at radius 2 is 2.16 bits per heavy atom. The number of methoxy groups -OCH3 is 1. The first kappa shape index (κ1) is 22.4. The van der Waals surface area contributed by atoms with Gasteiger partial charge < -0.3 is 18.6 Å². The molecule has 1 atom stereocenters. The third-order valence-electron chi connectivity index (χ3n) is 5.36. The summed E-state index contributed by atoms with van der Waals surface area (Å²) in [6.07, 6.45) is 1.97. The predicted octanol–water partition coefficient (Wildman–Crippen LogP) is 2.39. The minimum Gasteiger partial charge on any atom is -0.497 e. The van der Waals surface area contributed by atoms with Crippen molar-refractivity contribution in [2.45, 2.75) is 24.2 Å². The van der Waals surface area contributed by atoms with Gasteiger partial charge >= 0.3 is 0 Å². The molecule has 9 nitrogen and oxygen atoms in total. The predicted molar refractivity (Wildman–Crippen MR) is 120 cm³/mol. The molecule has 0 saturated carbocycles. The Kier molecular flexibility index (Phi) is 6.56. The van der Waals surface area contributed by atoms with E-state index >= 15 is 0 Å². The van der Waals surface area contributed by atoms with Crippen LogP contribution in [0, 0.1) is 0 Å². The highest BCUT2D eigenvalue weighted by Crippen LogP contribution is 2.27. The lowest BCUT2D eigenvalue weighted by molar-refractivity contribution is -0.131. The second kappa shape index (κ2) is 9.37. The standard InChI is InChI=1S/C21H24N4O5S2/c1-24-20(15-5-3-6-17(11-15)29-2)22-23-21(24)31-13-19(26)25(12-18-7-4-9-30-18)16-8-10-32(27,28)14-16/h3-7,9,11,16H,8,10,12-14H2,1-2H3/t16-/m0/s1. The van der Waals surface area contributed by atoms with Crippen molar-refractivity contribution in [3.8, 4) is 17.1 Å². The van der Waals surface area contributed by atoms with Gasteiger partial charge in [-0.1, -0.05) is 23.9 Å². The Hall–Kier alpha value is -2.79. The number of hydrogen-bond acceptors (Lipinski definition) is 8. The Morgan fingerprint density at radius 3 is 2.84 bits per heavy atom. The van der Waals surface area contributed by atoms with Gasteiger partial charge in [-0.2, -0.15) is 0 Å². The molecule has 1 saturated heterocycles. The summed E-state index contributed by atoms with van der Waals surface area (Å²) >= 11 is 1.27. The maximum absolute atomic E-state index is 13.1. The summed E-state index contributed by atoms with van der Waals surface area (Å²) in [6.45, 7) is 0.237. The molecule has 3 aromatic rings. The molecule has 0 unspecified atom stereocenters. The number of ether oxygens (including phenoxy) is 1. The van der Waals surface area contributed by atoms with Gasteiger partial charge in [0, 0.05) is 18.7 Å². The van der Waals surface area contributed by atoms with E-state index in [0.717, 1.165) is 11.3 Å². The third-order valence-corrected chi connectivity index (χ3v) is 8.12. The molecule has 4 rings (SSSR count). The van der Waals surface area contributed by atoms with Crippen LogP contribution in [0.3, 0.4) is 0 Å². The smallest absolute Gasteiger partial charge is 0.233 e. The molecule has 1 aliphatic heterocycles. The van der Waals surface area contributed by atoms with Crippen molar-refractivity contribution in [1.82, 2.24) is 19.7 Å². The van der Waals surface area contributed by atoms with E-state index in [1.807, 2.05) is 35.9 Å². The first-order chi connectivity index (χ1) is 15.4. The lowest BCUT2D eigenvalue weighted by atomic mass is 10.2. The van der Waals surface area contributed by atoms with Crippen LogP contribution in [0.15, 0.2) is 52.2 Å². The molecule has 170 valence electrons. The quantitative estimate of drug-likeness (QED) is 0.456. The Morgan fingerprint density at radius 1 is 1.31 bits per heavy atom. The van der Waals surface area contributed by atoms with Crippen molar-refractivity contribution in [3.05, 3.63) is 48.4 Å². The van der Waals surface area contributed by atoms with Crippen molar-refractivity contribution in [2.24, 2.45) is 7.05 Å². The normalized spacial score (nSPS) is 17.4. The number of nitrogens with zero attached hydrogens (tertiary/aromatic N) is 4. The van der Waals surface area contributed by atoms with Gasteiger partial charge in [-0.05, 0) is 30.7 Å². The van der Waals surface area contributed by atoms with Crippen molar-refractivity contribution in [3.63, 3.8) is 0 Å². The number of carbonyl (C=O) groups is 1. The van der Waals surface area contributed by atoms with E-state index in [1.54, 1.807) is 24.1 Å². The zero-order chi connectivity index (χ0) is 22.7. The molecule has 0 spiro atoms. The van der Waals surface area contributed by atoms with Gasteiger partial charge in [-0.3, -0.25) is 4.79 Å². The number of sulfone groups is 1. The molecule has 2 aromatic heterocycles. The number of hydrogen-bond donors (Lipinski definition) is 0. The maximum atomic E-state index is 13.1. The van der Waals surface area contributed by atoms with E-state index < -0.39 is 9.84 Å². The summed E-state index contributed by atoms with van der Waals surface area (Å²) in [6, 6.07) is 10.7. The average Bonchev–Trinajstić information content (AvgIpc) is 3.51. The minimum absolute atomic E-state index is 0.0198. The molecular formula is C21H24N4O5S2. The molecule has 1 amide bonds. The molecule has 11 heteroatoms. The number of benzene rings is 1. The molecular weight excluding hydrogens is 452 g/mol. The first-order valence-electron chi connectivity index (χ1n) is 10.0. The van der Waals surface area contributed by atoms with Crippen LogP contribution in [0.25, 0.3) is 11.4 Å². The SMILES string of the molecule is COc1cccc(-c2nnc(SCC(=O)N(Cc3ccco3)[C@H]3CCS(=O)(=O)C3)n2C)c1. The molecule has 0 N–H and O–H groups in total. The highest BCUT2D eigenvalue weighted by molar-refractivity contribution is 7.99. The molecule has 1 aliphatic rings. The maximum Gasteiger partial charge on any atom is 0.233 e. The van der Waals surface area contributed by atoms with Crippen molar-refractivity contribution < 1.29 is 22.4 Å². The van der Waals surface area contributed by atoms with Crippen LogP contribution in [-0.4, -0.2) is 64.4 Å². The van der Waals surface area contributed by atoms with E-state index in [2.05, 4.69) is 10.2 Å². The van der Waals surface area contributed by atoms with Crippen LogP contribution >= 0.6 is 11.8 Å². The zero-order valence-corrected chi connectivity index (χ0v) is 19.4. The van der Waals surface area contributed by atoms with Crippen LogP contribution in [0.1, 0.15) is 12.2 Å². The third kappa shape index (κ3) is 4.99. The van der Waals surface area contributed by atoms with Gasteiger partial charge in [-0.15, -0.1) is 10.2 Å². The van der Waals surface area contributed by atoms with Crippen LogP contribution in [-0.2, 0) is 28.2 Å². The minimum atomic E-state index is -3.13. The lowest BCUT2D eigenvalue weighted by Gasteiger charge is -2.27. The molecule has 0 radical (unpaired) electrons. The summed E-state index contributed by atoms with van der Waals surface area (Å²) in [5.74, 6) is 2.02. The Bertz CT molecular complexity index is 1190. The van der Waals surface area contributed by atoms with Crippen molar-refractivity contribution in [1.29, 1.82) is 0 Å². The molecule has 0 aliphatic carbocycles. The zero-order valence-electron chi connectivity index (χ0n) is 17.8. The van der Waals surface area contributed by atoms with E-state index in [4.69, 9.17) is 9.15 Å². The van der Waals surface area contributed by atoms with E-state index in [1.165, 1.54) is 18.0 Å². The number of aromatic nitrogens is 3. The van der Waals surface area contributed by atoms with Gasteiger partial charge in [0.15, 0.2) is 20.8 Å². The second-order valence-corrected chi connectivity index (χ2v) is 10.7. The highest BCUT2D eigenvalue weighted by Gasteiger charge is 2.35. The van der Waals surface area contributed by atoms with Crippen LogP contribution in [0.4, 0.5) is 0 Å². The van der Waals surface area contributed by atoms with Crippen molar-refractivity contribution in [2.75, 3.05) is 24.4 Å². The fourth-order valence-electron chi connectivity index (χ4n) is 3.68. The molecule has 1 aromatic carbocycles. The number of carbonyl (C=O) groups excluding carboxylic acids is 1. The van der Waals surface area contributed by atoms with E-state index in [9.17, 15) is 13.2 Å². The summed E-state index contributed by atoms with van der Waals surface area (Å²) in [4.78, 5) is 14.7. The number of thioether (sulfide) groups is 1.